The van der Waals surface area contributed by atoms with Crippen LogP contribution in [0.3, 0.4) is 0 Å². The van der Waals surface area contributed by atoms with E-state index in [9.17, 15) is 8.42 Å². The minimum atomic E-state index is -3.56. The highest BCUT2D eigenvalue weighted by molar-refractivity contribution is 7.89. The molecule has 1 atom stereocenters. The number of anilines is 1. The molecule has 1 heterocycles. The molecule has 0 bridgehead atoms. The van der Waals surface area contributed by atoms with Crippen molar-refractivity contribution in [3.05, 3.63) is 42.5 Å². The van der Waals surface area contributed by atoms with Crippen LogP contribution in [0, 0.1) is 0 Å². The highest BCUT2D eigenvalue weighted by Crippen LogP contribution is 2.18. The van der Waals surface area contributed by atoms with Crippen LogP contribution in [0.2, 0.25) is 0 Å². The van der Waals surface area contributed by atoms with Gasteiger partial charge in [0.15, 0.2) is 0 Å². The second-order valence-corrected chi connectivity index (χ2v) is 6.42. The van der Waals surface area contributed by atoms with Crippen molar-refractivity contribution < 1.29 is 8.42 Å². The van der Waals surface area contributed by atoms with E-state index in [1.54, 1.807) is 43.6 Å². The number of aromatic amines is 1. The summed E-state index contributed by atoms with van der Waals surface area (Å²) >= 11 is 0. The Bertz CT molecular complexity index is 648. The number of hydrogen-bond donors (Lipinski definition) is 2. The number of benzene rings is 1. The number of H-pyrrole nitrogens is 1. The standard InChI is InChI=1S/C13H18N4O2S/c1-10(13-14-8-9-15-13)16-20(18,19)12-6-4-11(5-7-12)17(2)3/h4-10,16H,1-3H3,(H,14,15)/t10-/m0/s1. The molecule has 0 fully saturated rings. The number of sulfonamides is 1. The van der Waals surface area contributed by atoms with Crippen molar-refractivity contribution in [1.82, 2.24) is 14.7 Å². The molecule has 0 aliphatic heterocycles. The fourth-order valence-corrected chi connectivity index (χ4v) is 3.00. The number of hydrogen-bond acceptors (Lipinski definition) is 4. The van der Waals surface area contributed by atoms with Crippen molar-refractivity contribution in [3.8, 4) is 0 Å². The summed E-state index contributed by atoms with van der Waals surface area (Å²) in [4.78, 5) is 9.08. The molecule has 1 aromatic carbocycles. The zero-order valence-corrected chi connectivity index (χ0v) is 12.5. The van der Waals surface area contributed by atoms with Gasteiger partial charge in [0.2, 0.25) is 10.0 Å². The highest BCUT2D eigenvalue weighted by atomic mass is 32.2. The monoisotopic (exact) mass is 294 g/mol. The van der Waals surface area contributed by atoms with Gasteiger partial charge in [0.05, 0.1) is 10.9 Å². The van der Waals surface area contributed by atoms with Gasteiger partial charge in [-0.05, 0) is 31.2 Å². The Hall–Kier alpha value is -1.86. The SMILES string of the molecule is C[C@H](NS(=O)(=O)c1ccc(N(C)C)cc1)c1ncc[nH]1. The van der Waals surface area contributed by atoms with Crippen molar-refractivity contribution in [2.75, 3.05) is 19.0 Å². The molecule has 6 nitrogen and oxygen atoms in total. The number of nitrogens with zero attached hydrogens (tertiary/aromatic N) is 2. The number of nitrogens with one attached hydrogen (secondary N) is 2. The average molecular weight is 294 g/mol. The summed E-state index contributed by atoms with van der Waals surface area (Å²) in [6.07, 6.45) is 3.25. The molecule has 2 N–H and O–H groups in total. The summed E-state index contributed by atoms with van der Waals surface area (Å²) in [5.41, 5.74) is 0.947. The third-order valence-corrected chi connectivity index (χ3v) is 4.48. The number of imidazole rings is 1. The Kier molecular flexibility index (Phi) is 4.10. The molecule has 108 valence electrons. The Morgan fingerprint density at radius 3 is 2.40 bits per heavy atom. The summed E-state index contributed by atoms with van der Waals surface area (Å²) in [5, 5.41) is 0. The summed E-state index contributed by atoms with van der Waals surface area (Å²) < 4.78 is 27.1. The highest BCUT2D eigenvalue weighted by Gasteiger charge is 2.19. The van der Waals surface area contributed by atoms with Crippen LogP contribution in [0.15, 0.2) is 41.6 Å². The summed E-state index contributed by atoms with van der Waals surface area (Å²) in [6, 6.07) is 6.31. The van der Waals surface area contributed by atoms with Crippen LogP contribution in [0.25, 0.3) is 0 Å². The molecule has 2 aromatic rings. The van der Waals surface area contributed by atoms with Crippen LogP contribution in [-0.4, -0.2) is 32.5 Å². The van der Waals surface area contributed by atoms with E-state index in [0.717, 1.165) is 5.69 Å². The lowest BCUT2D eigenvalue weighted by molar-refractivity contribution is 0.561. The van der Waals surface area contributed by atoms with Crippen LogP contribution >= 0.6 is 0 Å². The van der Waals surface area contributed by atoms with Crippen molar-refractivity contribution in [1.29, 1.82) is 0 Å². The maximum Gasteiger partial charge on any atom is 0.241 e. The smallest absolute Gasteiger partial charge is 0.241 e. The van der Waals surface area contributed by atoms with Crippen LogP contribution in [-0.2, 0) is 10.0 Å². The van der Waals surface area contributed by atoms with Crippen molar-refractivity contribution in [2.45, 2.75) is 17.9 Å². The second kappa shape index (κ2) is 5.64. The van der Waals surface area contributed by atoms with Gasteiger partial charge < -0.3 is 9.88 Å². The van der Waals surface area contributed by atoms with Crippen LogP contribution < -0.4 is 9.62 Å². The van der Waals surface area contributed by atoms with Crippen molar-refractivity contribution >= 4 is 15.7 Å². The fourth-order valence-electron chi connectivity index (χ4n) is 1.79. The van der Waals surface area contributed by atoms with Gasteiger partial charge in [0.1, 0.15) is 5.82 Å². The molecule has 7 heteroatoms. The number of aromatic nitrogens is 2. The van der Waals surface area contributed by atoms with Gasteiger partial charge in [-0.15, -0.1) is 0 Å². The van der Waals surface area contributed by atoms with Crippen LogP contribution in [0.5, 0.6) is 0 Å². The quantitative estimate of drug-likeness (QED) is 0.876. The maximum atomic E-state index is 12.3. The van der Waals surface area contributed by atoms with Crippen molar-refractivity contribution in [2.24, 2.45) is 0 Å². The predicted octanol–water partition coefficient (Wildman–Crippen LogP) is 1.52. The predicted molar refractivity (Wildman–Crippen MR) is 78.1 cm³/mol. The largest absolute Gasteiger partial charge is 0.378 e. The summed E-state index contributed by atoms with van der Waals surface area (Å²) in [6.45, 7) is 1.74. The molecular weight excluding hydrogens is 276 g/mol. The normalized spacial score (nSPS) is 13.2. The molecule has 0 spiro atoms. The molecule has 1 aromatic heterocycles. The maximum absolute atomic E-state index is 12.3. The van der Waals surface area contributed by atoms with Gasteiger partial charge in [-0.3, -0.25) is 0 Å². The Morgan fingerprint density at radius 1 is 1.25 bits per heavy atom. The topological polar surface area (TPSA) is 78.1 Å². The Morgan fingerprint density at radius 2 is 1.90 bits per heavy atom. The lowest BCUT2D eigenvalue weighted by Crippen LogP contribution is -2.27. The first-order chi connectivity index (χ1) is 9.40. The van der Waals surface area contributed by atoms with E-state index in [-0.39, 0.29) is 4.90 Å². The van der Waals surface area contributed by atoms with E-state index in [2.05, 4.69) is 14.7 Å². The molecular formula is C13H18N4O2S. The molecule has 2 rings (SSSR count). The lowest BCUT2D eigenvalue weighted by Gasteiger charge is -2.14. The molecule has 0 aliphatic carbocycles. The fraction of sp³-hybridized carbons (Fsp3) is 0.308. The van der Waals surface area contributed by atoms with Gasteiger partial charge in [-0.25, -0.2) is 18.1 Å². The molecule has 20 heavy (non-hydrogen) atoms. The van der Waals surface area contributed by atoms with Crippen LogP contribution in [0.1, 0.15) is 18.8 Å². The minimum Gasteiger partial charge on any atom is -0.378 e. The second-order valence-electron chi connectivity index (χ2n) is 4.71. The van der Waals surface area contributed by atoms with Gasteiger partial charge >= 0.3 is 0 Å². The summed E-state index contributed by atoms with van der Waals surface area (Å²) in [7, 11) is 0.250. The van der Waals surface area contributed by atoms with E-state index < -0.39 is 16.1 Å². The molecule has 0 aliphatic rings. The van der Waals surface area contributed by atoms with E-state index in [4.69, 9.17) is 0 Å². The molecule has 0 saturated carbocycles. The molecule has 0 amide bonds. The minimum absolute atomic E-state index is 0.238. The Balaban J connectivity index is 2.18. The zero-order chi connectivity index (χ0) is 14.8. The van der Waals surface area contributed by atoms with E-state index in [0.29, 0.717) is 5.82 Å². The third-order valence-electron chi connectivity index (χ3n) is 2.92. The Labute approximate surface area is 118 Å². The first-order valence-electron chi connectivity index (χ1n) is 6.19. The number of rotatable bonds is 5. The van der Waals surface area contributed by atoms with Crippen molar-refractivity contribution in [3.63, 3.8) is 0 Å². The average Bonchev–Trinajstić information content (AvgIpc) is 2.92. The van der Waals surface area contributed by atoms with E-state index >= 15 is 0 Å². The van der Waals surface area contributed by atoms with Gasteiger partial charge in [0.25, 0.3) is 0 Å². The van der Waals surface area contributed by atoms with Gasteiger partial charge in [-0.1, -0.05) is 0 Å². The van der Waals surface area contributed by atoms with E-state index in [1.807, 2.05) is 19.0 Å². The van der Waals surface area contributed by atoms with Gasteiger partial charge in [0, 0.05) is 32.2 Å². The third kappa shape index (κ3) is 3.17. The lowest BCUT2D eigenvalue weighted by atomic mass is 10.3. The molecule has 0 saturated heterocycles. The van der Waals surface area contributed by atoms with Crippen LogP contribution in [0.4, 0.5) is 5.69 Å². The zero-order valence-electron chi connectivity index (χ0n) is 11.7. The van der Waals surface area contributed by atoms with Gasteiger partial charge in [-0.2, -0.15) is 0 Å². The first kappa shape index (κ1) is 14.5. The first-order valence-corrected chi connectivity index (χ1v) is 7.67. The molecule has 0 radical (unpaired) electrons. The molecule has 0 unspecified atom stereocenters. The summed E-state index contributed by atoms with van der Waals surface area (Å²) in [5.74, 6) is 0.582. The van der Waals surface area contributed by atoms with E-state index in [1.165, 1.54) is 0 Å².